The number of nitro groups is 1. The topological polar surface area (TPSA) is 59.3 Å². The summed E-state index contributed by atoms with van der Waals surface area (Å²) >= 11 is 0. The fourth-order valence-electron chi connectivity index (χ4n) is 2.13. The van der Waals surface area contributed by atoms with Crippen LogP contribution >= 0.6 is 0 Å². The quantitative estimate of drug-likeness (QED) is 0.489. The van der Waals surface area contributed by atoms with E-state index in [1.807, 2.05) is 0 Å². The molecule has 0 amide bonds. The molecule has 0 radical (unpaired) electrons. The molecule has 1 aromatic rings. The van der Waals surface area contributed by atoms with Gasteiger partial charge in [0, 0.05) is 13.1 Å². The predicted octanol–water partition coefficient (Wildman–Crippen LogP) is 2.78. The van der Waals surface area contributed by atoms with Crippen LogP contribution in [-0.4, -0.2) is 40.6 Å². The van der Waals surface area contributed by atoms with Gasteiger partial charge in [-0.2, -0.15) is 13.2 Å². The fourth-order valence-corrected chi connectivity index (χ4v) is 2.13. The van der Waals surface area contributed by atoms with Crippen molar-refractivity contribution in [3.63, 3.8) is 0 Å². The normalized spacial score (nSPS) is 16.7. The highest BCUT2D eigenvalue weighted by molar-refractivity contribution is 5.65. The molecule has 1 aromatic heterocycles. The summed E-state index contributed by atoms with van der Waals surface area (Å²) in [4.78, 5) is 14.5. The molecule has 2 rings (SSSR count). The Morgan fingerprint density at radius 3 is 2.71 bits per heavy atom. The molecular formula is C12H11F4N3O2. The van der Waals surface area contributed by atoms with E-state index < -0.39 is 29.1 Å². The molecule has 1 aliphatic rings. The zero-order valence-corrected chi connectivity index (χ0v) is 10.7. The summed E-state index contributed by atoms with van der Waals surface area (Å²) in [6.07, 6.45) is -1.50. The minimum absolute atomic E-state index is 0.0960. The molecule has 0 unspecified atom stereocenters. The Balaban J connectivity index is 2.18. The third-order valence-corrected chi connectivity index (χ3v) is 2.97. The number of nitrogens with zero attached hydrogens (tertiary/aromatic N) is 3. The maximum Gasteiger partial charge on any atom is 0.401 e. The van der Waals surface area contributed by atoms with E-state index in [9.17, 15) is 27.7 Å². The summed E-state index contributed by atoms with van der Waals surface area (Å²) < 4.78 is 50.9. The highest BCUT2D eigenvalue weighted by atomic mass is 19.4. The first-order chi connectivity index (χ1) is 9.76. The molecule has 0 saturated carbocycles. The molecule has 1 aliphatic heterocycles. The summed E-state index contributed by atoms with van der Waals surface area (Å²) in [5, 5.41) is 10.5. The van der Waals surface area contributed by atoms with Crippen molar-refractivity contribution in [2.45, 2.75) is 12.6 Å². The van der Waals surface area contributed by atoms with Gasteiger partial charge in [0.05, 0.1) is 17.5 Å². The van der Waals surface area contributed by atoms with Crippen molar-refractivity contribution in [2.24, 2.45) is 0 Å². The summed E-state index contributed by atoms with van der Waals surface area (Å²) in [6, 6.07) is 0.714. The second kappa shape index (κ2) is 5.76. The maximum absolute atomic E-state index is 13.8. The Morgan fingerprint density at radius 1 is 1.43 bits per heavy atom. The number of aromatic nitrogens is 1. The van der Waals surface area contributed by atoms with E-state index in [-0.39, 0.29) is 18.8 Å². The van der Waals surface area contributed by atoms with Gasteiger partial charge in [0.1, 0.15) is 11.9 Å². The van der Waals surface area contributed by atoms with Crippen LogP contribution in [0.1, 0.15) is 12.1 Å². The molecule has 21 heavy (non-hydrogen) atoms. The lowest BCUT2D eigenvalue weighted by molar-refractivity contribution is -0.385. The van der Waals surface area contributed by atoms with Gasteiger partial charge in [0.15, 0.2) is 5.82 Å². The third kappa shape index (κ3) is 3.97. The minimum Gasteiger partial charge on any atom is -0.290 e. The Labute approximate surface area is 117 Å². The molecule has 9 heteroatoms. The minimum atomic E-state index is -4.33. The second-order valence-corrected chi connectivity index (χ2v) is 4.62. The first-order valence-corrected chi connectivity index (χ1v) is 6.05. The van der Waals surface area contributed by atoms with Crippen molar-refractivity contribution in [3.05, 3.63) is 40.0 Å². The van der Waals surface area contributed by atoms with Crippen LogP contribution in [-0.2, 0) is 0 Å². The summed E-state index contributed by atoms with van der Waals surface area (Å²) in [5.41, 5.74) is -0.342. The molecule has 0 spiro atoms. The van der Waals surface area contributed by atoms with Crippen LogP contribution < -0.4 is 0 Å². The van der Waals surface area contributed by atoms with E-state index in [4.69, 9.17) is 0 Å². The SMILES string of the molecule is O=[N+]([O-])c1cnc(C2=CCCN(CC(F)(F)F)C2)c(F)c1. The highest BCUT2D eigenvalue weighted by Crippen LogP contribution is 2.26. The lowest BCUT2D eigenvalue weighted by atomic mass is 10.1. The van der Waals surface area contributed by atoms with Crippen molar-refractivity contribution >= 4 is 11.3 Å². The molecule has 0 aliphatic carbocycles. The van der Waals surface area contributed by atoms with Gasteiger partial charge >= 0.3 is 6.18 Å². The lowest BCUT2D eigenvalue weighted by Crippen LogP contribution is -2.37. The van der Waals surface area contributed by atoms with Crippen molar-refractivity contribution < 1.29 is 22.5 Å². The number of hydrogen-bond donors (Lipinski definition) is 0. The number of rotatable bonds is 3. The molecule has 0 bridgehead atoms. The van der Waals surface area contributed by atoms with Crippen molar-refractivity contribution in [1.82, 2.24) is 9.88 Å². The van der Waals surface area contributed by atoms with Crippen molar-refractivity contribution in [2.75, 3.05) is 19.6 Å². The van der Waals surface area contributed by atoms with Gasteiger partial charge in [0.2, 0.25) is 0 Å². The number of pyridine rings is 1. The Bertz CT molecular complexity index is 586. The van der Waals surface area contributed by atoms with Crippen LogP contribution in [0.4, 0.5) is 23.2 Å². The van der Waals surface area contributed by atoms with Crippen molar-refractivity contribution in [1.29, 1.82) is 0 Å². The largest absolute Gasteiger partial charge is 0.401 e. The van der Waals surface area contributed by atoms with Crippen LogP contribution in [0.3, 0.4) is 0 Å². The summed E-state index contributed by atoms with van der Waals surface area (Å²) in [5.74, 6) is -0.913. The average Bonchev–Trinajstić information content (AvgIpc) is 2.36. The van der Waals surface area contributed by atoms with Gasteiger partial charge in [-0.15, -0.1) is 0 Å². The van der Waals surface area contributed by atoms with Gasteiger partial charge < -0.3 is 0 Å². The van der Waals surface area contributed by atoms with Crippen LogP contribution in [0.25, 0.3) is 5.57 Å². The predicted molar refractivity (Wildman–Crippen MR) is 65.9 cm³/mol. The molecular weight excluding hydrogens is 294 g/mol. The first-order valence-electron chi connectivity index (χ1n) is 6.05. The Morgan fingerprint density at radius 2 is 2.14 bits per heavy atom. The van der Waals surface area contributed by atoms with Crippen molar-refractivity contribution in [3.8, 4) is 0 Å². The molecule has 0 saturated heterocycles. The molecule has 0 atom stereocenters. The second-order valence-electron chi connectivity index (χ2n) is 4.62. The lowest BCUT2D eigenvalue weighted by Gasteiger charge is -2.27. The summed E-state index contributed by atoms with van der Waals surface area (Å²) in [6.45, 7) is -0.961. The Kier molecular flexibility index (Phi) is 4.21. The molecule has 114 valence electrons. The number of halogens is 4. The summed E-state index contributed by atoms with van der Waals surface area (Å²) in [7, 11) is 0. The molecule has 0 aromatic carbocycles. The van der Waals surface area contributed by atoms with E-state index in [0.29, 0.717) is 18.1 Å². The van der Waals surface area contributed by atoms with E-state index in [1.54, 1.807) is 6.08 Å². The standard InChI is InChI=1S/C12H11F4N3O2/c13-10-4-9(19(20)21)5-17-11(10)8-2-1-3-18(6-8)7-12(14,15)16/h2,4-5H,1,3,6-7H2. The number of hydrogen-bond acceptors (Lipinski definition) is 4. The molecule has 5 nitrogen and oxygen atoms in total. The maximum atomic E-state index is 13.8. The van der Waals surface area contributed by atoms with Gasteiger partial charge in [-0.25, -0.2) is 9.37 Å². The third-order valence-electron chi connectivity index (χ3n) is 2.97. The van der Waals surface area contributed by atoms with Gasteiger partial charge in [0.25, 0.3) is 5.69 Å². The van der Waals surface area contributed by atoms with E-state index in [1.165, 1.54) is 0 Å². The first kappa shape index (κ1) is 15.4. The average molecular weight is 305 g/mol. The Hall–Kier alpha value is -2.03. The van der Waals surface area contributed by atoms with E-state index in [0.717, 1.165) is 11.1 Å². The highest BCUT2D eigenvalue weighted by Gasteiger charge is 2.32. The molecule has 0 N–H and O–H groups in total. The number of alkyl halides is 3. The monoisotopic (exact) mass is 305 g/mol. The zero-order chi connectivity index (χ0) is 15.6. The van der Waals surface area contributed by atoms with Crippen LogP contribution in [0.2, 0.25) is 0 Å². The fraction of sp³-hybridized carbons (Fsp3) is 0.417. The zero-order valence-electron chi connectivity index (χ0n) is 10.7. The van der Waals surface area contributed by atoms with Gasteiger partial charge in [-0.3, -0.25) is 15.0 Å². The smallest absolute Gasteiger partial charge is 0.290 e. The molecule has 0 fully saturated rings. The van der Waals surface area contributed by atoms with Crippen LogP contribution in [0.15, 0.2) is 18.3 Å². The van der Waals surface area contributed by atoms with E-state index in [2.05, 4.69) is 4.98 Å². The van der Waals surface area contributed by atoms with Gasteiger partial charge in [-0.1, -0.05) is 6.08 Å². The van der Waals surface area contributed by atoms with E-state index >= 15 is 0 Å². The van der Waals surface area contributed by atoms with Gasteiger partial charge in [-0.05, 0) is 12.0 Å². The van der Waals surface area contributed by atoms with Crippen LogP contribution in [0.5, 0.6) is 0 Å². The van der Waals surface area contributed by atoms with Crippen LogP contribution in [0, 0.1) is 15.9 Å². The molecule has 2 heterocycles.